The average Bonchev–Trinajstić information content (AvgIpc) is 3.31. The lowest BCUT2D eigenvalue weighted by Gasteiger charge is -2.19. The van der Waals surface area contributed by atoms with Crippen molar-refractivity contribution < 1.29 is 24.2 Å². The van der Waals surface area contributed by atoms with E-state index in [2.05, 4.69) is 22.5 Å². The van der Waals surface area contributed by atoms with Crippen LogP contribution in [0.1, 0.15) is 36.8 Å². The van der Waals surface area contributed by atoms with E-state index >= 15 is 0 Å². The molecule has 8 nitrogen and oxygen atoms in total. The van der Waals surface area contributed by atoms with Crippen LogP contribution in [0.25, 0.3) is 11.1 Å². The van der Waals surface area contributed by atoms with Gasteiger partial charge in [-0.25, -0.2) is 4.79 Å². The highest BCUT2D eigenvalue weighted by Crippen LogP contribution is 2.44. The molecule has 0 radical (unpaired) electrons. The number of nitrogens with zero attached hydrogens (tertiary/aromatic N) is 1. The molecule has 1 aliphatic heterocycles. The van der Waals surface area contributed by atoms with Crippen molar-refractivity contribution in [3.8, 4) is 11.1 Å². The molecule has 3 unspecified atom stereocenters. The third-order valence-electron chi connectivity index (χ3n) is 6.87. The van der Waals surface area contributed by atoms with Crippen molar-refractivity contribution in [1.29, 1.82) is 0 Å². The Bertz CT molecular complexity index is 1020. The molecule has 0 saturated carbocycles. The molecule has 0 spiro atoms. The Morgan fingerprint density at radius 2 is 1.71 bits per heavy atom. The van der Waals surface area contributed by atoms with Crippen LogP contribution >= 0.6 is 0 Å². The number of hydrogen-bond donors (Lipinski definition) is 3. The molecule has 1 heterocycles. The number of carboxylic acid groups (broad SMARTS) is 1. The Kier molecular flexibility index (Phi) is 7.17. The molecule has 2 aliphatic rings. The lowest BCUT2D eigenvalue weighted by atomic mass is 9.98. The quantitative estimate of drug-likeness (QED) is 0.553. The summed E-state index contributed by atoms with van der Waals surface area (Å²) in [5.41, 5.74) is 4.38. The van der Waals surface area contributed by atoms with Gasteiger partial charge in [-0.3, -0.25) is 9.59 Å². The molecule has 4 rings (SSSR count). The largest absolute Gasteiger partial charge is 0.481 e. The highest BCUT2D eigenvalue weighted by atomic mass is 16.5. The van der Waals surface area contributed by atoms with Crippen LogP contribution in [-0.2, 0) is 14.3 Å². The van der Waals surface area contributed by atoms with Gasteiger partial charge >= 0.3 is 12.1 Å². The topological polar surface area (TPSA) is 108 Å². The molecule has 2 aromatic carbocycles. The SMILES string of the molecule is CC1CC(CNC(=O)C(CC(=O)O)NC(=O)OCC2c3ccccc3-c3ccccc32)CN1C. The summed E-state index contributed by atoms with van der Waals surface area (Å²) in [6, 6.07) is 15.2. The first kappa shape index (κ1) is 23.8. The summed E-state index contributed by atoms with van der Waals surface area (Å²) < 4.78 is 5.48. The van der Waals surface area contributed by atoms with Gasteiger partial charge in [-0.1, -0.05) is 48.5 Å². The summed E-state index contributed by atoms with van der Waals surface area (Å²) in [6.45, 7) is 3.53. The number of carbonyl (C=O) groups excluding carboxylic acids is 2. The molecule has 0 aromatic heterocycles. The van der Waals surface area contributed by atoms with E-state index in [0.29, 0.717) is 18.5 Å². The van der Waals surface area contributed by atoms with Gasteiger partial charge in [-0.2, -0.15) is 0 Å². The number of amides is 2. The molecular weight excluding hydrogens is 434 g/mol. The molecule has 1 aliphatic carbocycles. The highest BCUT2D eigenvalue weighted by molar-refractivity contribution is 5.89. The summed E-state index contributed by atoms with van der Waals surface area (Å²) in [7, 11) is 2.04. The maximum absolute atomic E-state index is 12.7. The van der Waals surface area contributed by atoms with Crippen LogP contribution in [0, 0.1) is 5.92 Å². The highest BCUT2D eigenvalue weighted by Gasteiger charge is 2.31. The lowest BCUT2D eigenvalue weighted by Crippen LogP contribution is -2.49. The molecular formula is C26H31N3O5. The average molecular weight is 466 g/mol. The van der Waals surface area contributed by atoms with Gasteiger partial charge < -0.3 is 25.4 Å². The van der Waals surface area contributed by atoms with Gasteiger partial charge in [0.05, 0.1) is 6.42 Å². The third-order valence-corrected chi connectivity index (χ3v) is 6.87. The number of benzene rings is 2. The summed E-state index contributed by atoms with van der Waals surface area (Å²) in [4.78, 5) is 38.7. The second-order valence-electron chi connectivity index (χ2n) is 9.26. The van der Waals surface area contributed by atoms with E-state index in [1.165, 1.54) is 0 Å². The van der Waals surface area contributed by atoms with Crippen LogP contribution in [0.4, 0.5) is 4.79 Å². The van der Waals surface area contributed by atoms with Crippen molar-refractivity contribution in [2.75, 3.05) is 26.7 Å². The van der Waals surface area contributed by atoms with Gasteiger partial charge in [-0.15, -0.1) is 0 Å². The minimum absolute atomic E-state index is 0.0908. The summed E-state index contributed by atoms with van der Waals surface area (Å²) in [6.07, 6.45) is -0.366. The van der Waals surface area contributed by atoms with Gasteiger partial charge in [0.1, 0.15) is 12.6 Å². The fourth-order valence-electron chi connectivity index (χ4n) is 5.01. The minimum Gasteiger partial charge on any atom is -0.481 e. The first-order chi connectivity index (χ1) is 16.3. The molecule has 180 valence electrons. The van der Waals surface area contributed by atoms with Gasteiger partial charge in [-0.05, 0) is 48.6 Å². The Hall–Kier alpha value is -3.39. The van der Waals surface area contributed by atoms with E-state index in [-0.39, 0.29) is 12.5 Å². The Morgan fingerprint density at radius 3 is 2.26 bits per heavy atom. The zero-order chi connectivity index (χ0) is 24.2. The number of ether oxygens (including phenoxy) is 1. The number of carbonyl (C=O) groups is 3. The Morgan fingerprint density at radius 1 is 1.09 bits per heavy atom. The lowest BCUT2D eigenvalue weighted by molar-refractivity contribution is -0.139. The van der Waals surface area contributed by atoms with Crippen LogP contribution in [-0.4, -0.2) is 66.8 Å². The van der Waals surface area contributed by atoms with Gasteiger partial charge in [0, 0.05) is 25.0 Å². The first-order valence-corrected chi connectivity index (χ1v) is 11.6. The molecule has 34 heavy (non-hydrogen) atoms. The number of hydrogen-bond acceptors (Lipinski definition) is 5. The van der Waals surface area contributed by atoms with E-state index < -0.39 is 30.4 Å². The maximum atomic E-state index is 12.7. The Labute approximate surface area is 199 Å². The second kappa shape index (κ2) is 10.3. The van der Waals surface area contributed by atoms with Crippen LogP contribution in [0.15, 0.2) is 48.5 Å². The summed E-state index contributed by atoms with van der Waals surface area (Å²) in [5.74, 6) is -1.51. The number of rotatable bonds is 8. The fourth-order valence-corrected chi connectivity index (χ4v) is 5.01. The smallest absolute Gasteiger partial charge is 0.407 e. The second-order valence-corrected chi connectivity index (χ2v) is 9.26. The molecule has 8 heteroatoms. The monoisotopic (exact) mass is 465 g/mol. The van der Waals surface area contributed by atoms with Gasteiger partial charge in [0.25, 0.3) is 0 Å². The number of alkyl carbamates (subject to hydrolysis) is 1. The number of aliphatic carboxylic acids is 1. The van der Waals surface area contributed by atoms with E-state index in [0.717, 1.165) is 35.2 Å². The predicted molar refractivity (Wildman–Crippen MR) is 127 cm³/mol. The molecule has 3 N–H and O–H groups in total. The molecule has 3 atom stereocenters. The minimum atomic E-state index is -1.20. The zero-order valence-corrected chi connectivity index (χ0v) is 19.5. The van der Waals surface area contributed by atoms with Crippen molar-refractivity contribution in [1.82, 2.24) is 15.5 Å². The Balaban J connectivity index is 1.35. The third kappa shape index (κ3) is 5.22. The zero-order valence-electron chi connectivity index (χ0n) is 19.5. The molecule has 2 amide bonds. The van der Waals surface area contributed by atoms with Crippen molar-refractivity contribution >= 4 is 18.0 Å². The van der Waals surface area contributed by atoms with Gasteiger partial charge in [0.2, 0.25) is 5.91 Å². The fraction of sp³-hybridized carbons (Fsp3) is 0.423. The summed E-state index contributed by atoms with van der Waals surface area (Å²) >= 11 is 0. The van der Waals surface area contributed by atoms with Crippen molar-refractivity contribution in [2.24, 2.45) is 5.92 Å². The molecule has 1 saturated heterocycles. The van der Waals surface area contributed by atoms with E-state index in [4.69, 9.17) is 4.74 Å². The number of likely N-dealkylation sites (tertiary alicyclic amines) is 1. The number of fused-ring (bicyclic) bond motifs is 3. The van der Waals surface area contributed by atoms with Crippen LogP contribution < -0.4 is 10.6 Å². The normalized spacial score (nSPS) is 20.3. The van der Waals surface area contributed by atoms with Crippen molar-refractivity contribution in [3.05, 3.63) is 59.7 Å². The van der Waals surface area contributed by atoms with E-state index in [1.54, 1.807) is 0 Å². The van der Waals surface area contributed by atoms with Crippen LogP contribution in [0.2, 0.25) is 0 Å². The standard InChI is InChI=1S/C26H31N3O5/c1-16-11-17(14-29(16)2)13-27-25(32)23(12-24(30)31)28-26(33)34-15-22-20-9-5-3-7-18(20)19-8-4-6-10-21(19)22/h3-10,16-17,22-23H,11-15H2,1-2H3,(H,27,32)(H,28,33)(H,30,31). The van der Waals surface area contributed by atoms with Gasteiger partial charge in [0.15, 0.2) is 0 Å². The summed E-state index contributed by atoms with van der Waals surface area (Å²) in [5, 5.41) is 14.5. The number of nitrogens with one attached hydrogen (secondary N) is 2. The molecule has 1 fully saturated rings. The van der Waals surface area contributed by atoms with E-state index in [1.807, 2.05) is 55.6 Å². The molecule has 2 aromatic rings. The maximum Gasteiger partial charge on any atom is 0.407 e. The van der Waals surface area contributed by atoms with Crippen LogP contribution in [0.3, 0.4) is 0 Å². The first-order valence-electron chi connectivity index (χ1n) is 11.6. The predicted octanol–water partition coefficient (Wildman–Crippen LogP) is 2.82. The number of carboxylic acids is 1. The van der Waals surface area contributed by atoms with E-state index in [9.17, 15) is 19.5 Å². The molecule has 0 bridgehead atoms. The van der Waals surface area contributed by atoms with Crippen molar-refractivity contribution in [3.63, 3.8) is 0 Å². The van der Waals surface area contributed by atoms with Crippen molar-refractivity contribution in [2.45, 2.75) is 37.8 Å². The van der Waals surface area contributed by atoms with Crippen LogP contribution in [0.5, 0.6) is 0 Å².